The molecule has 0 atom stereocenters. The zero-order valence-electron chi connectivity index (χ0n) is 6.22. The summed E-state index contributed by atoms with van der Waals surface area (Å²) in [6.45, 7) is 1.45. The SMILES string of the molecule is CSC(=O)NCCCCN. The van der Waals surface area contributed by atoms with E-state index >= 15 is 0 Å². The van der Waals surface area contributed by atoms with Crippen molar-refractivity contribution in [2.75, 3.05) is 19.3 Å². The zero-order chi connectivity index (χ0) is 7.82. The number of nitrogens with two attached hydrogens (primary N) is 1. The number of carbonyl (C=O) groups excluding carboxylic acids is 1. The van der Waals surface area contributed by atoms with Gasteiger partial charge in [-0.05, 0) is 25.6 Å². The number of amides is 1. The number of unbranched alkanes of at least 4 members (excludes halogenated alkanes) is 1. The molecule has 0 aliphatic carbocycles. The normalized spacial score (nSPS) is 9.40. The molecule has 3 nitrogen and oxygen atoms in total. The molecule has 4 heteroatoms. The second-order valence-corrected chi connectivity index (χ2v) is 2.69. The van der Waals surface area contributed by atoms with Gasteiger partial charge in [0.25, 0.3) is 5.24 Å². The van der Waals surface area contributed by atoms with Crippen LogP contribution in [0, 0.1) is 0 Å². The predicted octanol–water partition coefficient (Wildman–Crippen LogP) is 0.798. The molecule has 0 aromatic carbocycles. The van der Waals surface area contributed by atoms with E-state index in [1.807, 2.05) is 0 Å². The van der Waals surface area contributed by atoms with E-state index < -0.39 is 0 Å². The van der Waals surface area contributed by atoms with E-state index in [2.05, 4.69) is 5.32 Å². The van der Waals surface area contributed by atoms with Crippen LogP contribution in [0.25, 0.3) is 0 Å². The minimum Gasteiger partial charge on any atom is -0.347 e. The van der Waals surface area contributed by atoms with Crippen LogP contribution in [0.4, 0.5) is 4.79 Å². The van der Waals surface area contributed by atoms with Gasteiger partial charge in [-0.3, -0.25) is 4.79 Å². The molecule has 0 spiro atoms. The first-order chi connectivity index (χ1) is 4.81. The Kier molecular flexibility index (Phi) is 6.74. The summed E-state index contributed by atoms with van der Waals surface area (Å²) in [4.78, 5) is 10.6. The highest BCUT2D eigenvalue weighted by molar-refractivity contribution is 8.12. The minimum absolute atomic E-state index is 0.0389. The van der Waals surface area contributed by atoms with E-state index in [9.17, 15) is 4.79 Å². The second kappa shape index (κ2) is 6.89. The number of hydrogen-bond donors (Lipinski definition) is 2. The van der Waals surface area contributed by atoms with Crippen molar-refractivity contribution < 1.29 is 4.79 Å². The fourth-order valence-corrected chi connectivity index (χ4v) is 0.778. The van der Waals surface area contributed by atoms with Gasteiger partial charge in [-0.2, -0.15) is 0 Å². The fraction of sp³-hybridized carbons (Fsp3) is 0.833. The van der Waals surface area contributed by atoms with E-state index in [0.29, 0.717) is 6.54 Å². The highest BCUT2D eigenvalue weighted by Gasteiger charge is 1.93. The Hall–Kier alpha value is -0.220. The summed E-state index contributed by atoms with van der Waals surface area (Å²) in [7, 11) is 0. The van der Waals surface area contributed by atoms with Crippen molar-refractivity contribution in [2.24, 2.45) is 5.73 Å². The van der Waals surface area contributed by atoms with Crippen molar-refractivity contribution in [3.8, 4) is 0 Å². The molecule has 10 heavy (non-hydrogen) atoms. The first-order valence-electron chi connectivity index (χ1n) is 3.33. The maximum atomic E-state index is 10.6. The molecule has 0 saturated carbocycles. The van der Waals surface area contributed by atoms with Crippen LogP contribution < -0.4 is 11.1 Å². The maximum Gasteiger partial charge on any atom is 0.278 e. The maximum absolute atomic E-state index is 10.6. The standard InChI is InChI=1S/C6H14N2OS/c1-10-6(9)8-5-3-2-4-7/h2-5,7H2,1H3,(H,8,9). The van der Waals surface area contributed by atoms with Crippen molar-refractivity contribution >= 4 is 17.0 Å². The average Bonchev–Trinajstić information content (AvgIpc) is 1.98. The fourth-order valence-electron chi connectivity index (χ4n) is 0.532. The van der Waals surface area contributed by atoms with Crippen molar-refractivity contribution in [3.05, 3.63) is 0 Å². The average molecular weight is 162 g/mol. The molecule has 0 aromatic heterocycles. The van der Waals surface area contributed by atoms with Crippen LogP contribution in [0.3, 0.4) is 0 Å². The molecule has 1 amide bonds. The third-order valence-corrected chi connectivity index (χ3v) is 1.60. The number of thioether (sulfide) groups is 1. The van der Waals surface area contributed by atoms with Gasteiger partial charge in [-0.1, -0.05) is 11.8 Å². The highest BCUT2D eigenvalue weighted by Crippen LogP contribution is 1.92. The first kappa shape index (κ1) is 9.78. The number of nitrogens with one attached hydrogen (secondary N) is 1. The Morgan fingerprint density at radius 1 is 1.60 bits per heavy atom. The Labute approximate surface area is 65.7 Å². The summed E-state index contributed by atoms with van der Waals surface area (Å²) in [6, 6.07) is 0. The Morgan fingerprint density at radius 2 is 2.30 bits per heavy atom. The molecule has 0 fully saturated rings. The molecule has 0 heterocycles. The van der Waals surface area contributed by atoms with E-state index in [0.717, 1.165) is 19.4 Å². The van der Waals surface area contributed by atoms with Crippen LogP contribution >= 0.6 is 11.8 Å². The van der Waals surface area contributed by atoms with Gasteiger partial charge in [0.05, 0.1) is 0 Å². The van der Waals surface area contributed by atoms with E-state index in [4.69, 9.17) is 5.73 Å². The monoisotopic (exact) mass is 162 g/mol. The molecule has 60 valence electrons. The van der Waals surface area contributed by atoms with Gasteiger partial charge in [-0.25, -0.2) is 0 Å². The molecule has 0 radical (unpaired) electrons. The van der Waals surface area contributed by atoms with E-state index in [-0.39, 0.29) is 5.24 Å². The van der Waals surface area contributed by atoms with Crippen LogP contribution in [0.2, 0.25) is 0 Å². The largest absolute Gasteiger partial charge is 0.347 e. The quantitative estimate of drug-likeness (QED) is 0.601. The zero-order valence-corrected chi connectivity index (χ0v) is 7.04. The summed E-state index contributed by atoms with van der Waals surface area (Å²) >= 11 is 1.20. The van der Waals surface area contributed by atoms with Crippen LogP contribution in [0.15, 0.2) is 0 Å². The lowest BCUT2D eigenvalue weighted by Crippen LogP contribution is -2.20. The molecule has 0 unspecified atom stereocenters. The van der Waals surface area contributed by atoms with Crippen LogP contribution in [0.5, 0.6) is 0 Å². The van der Waals surface area contributed by atoms with Crippen molar-refractivity contribution in [3.63, 3.8) is 0 Å². The van der Waals surface area contributed by atoms with Gasteiger partial charge in [-0.15, -0.1) is 0 Å². The predicted molar refractivity (Wildman–Crippen MR) is 45.2 cm³/mol. The van der Waals surface area contributed by atoms with Gasteiger partial charge in [0.2, 0.25) is 0 Å². The summed E-state index contributed by atoms with van der Waals surface area (Å²) in [5, 5.41) is 2.77. The molecule has 0 rings (SSSR count). The van der Waals surface area contributed by atoms with Crippen LogP contribution in [0.1, 0.15) is 12.8 Å². The lowest BCUT2D eigenvalue weighted by Gasteiger charge is -2.00. The summed E-state index contributed by atoms with van der Waals surface area (Å²) in [5.74, 6) is 0. The molecule has 0 aromatic rings. The smallest absolute Gasteiger partial charge is 0.278 e. The molecule has 3 N–H and O–H groups in total. The van der Waals surface area contributed by atoms with Gasteiger partial charge in [0, 0.05) is 6.54 Å². The topological polar surface area (TPSA) is 55.1 Å². The van der Waals surface area contributed by atoms with Gasteiger partial charge in [0.1, 0.15) is 0 Å². The molecular formula is C6H14N2OS. The Balaban J connectivity index is 2.96. The van der Waals surface area contributed by atoms with Crippen LogP contribution in [-0.4, -0.2) is 24.6 Å². The van der Waals surface area contributed by atoms with Crippen molar-refractivity contribution in [1.82, 2.24) is 5.32 Å². The molecule has 0 saturated heterocycles. The molecule has 0 aliphatic heterocycles. The van der Waals surface area contributed by atoms with E-state index in [1.165, 1.54) is 11.8 Å². The Bertz CT molecular complexity index is 97.7. The third kappa shape index (κ3) is 5.91. The summed E-state index contributed by atoms with van der Waals surface area (Å²) in [5.41, 5.74) is 5.26. The van der Waals surface area contributed by atoms with Gasteiger partial charge >= 0.3 is 0 Å². The lowest BCUT2D eigenvalue weighted by molar-refractivity contribution is 0.260. The van der Waals surface area contributed by atoms with Gasteiger partial charge < -0.3 is 11.1 Å². The number of hydrogen-bond acceptors (Lipinski definition) is 3. The van der Waals surface area contributed by atoms with Crippen molar-refractivity contribution in [1.29, 1.82) is 0 Å². The minimum atomic E-state index is 0.0389. The molecule has 0 aliphatic rings. The lowest BCUT2D eigenvalue weighted by atomic mass is 10.3. The van der Waals surface area contributed by atoms with Crippen LogP contribution in [-0.2, 0) is 0 Å². The highest BCUT2D eigenvalue weighted by atomic mass is 32.2. The summed E-state index contributed by atoms with van der Waals surface area (Å²) in [6.07, 6.45) is 3.72. The first-order valence-corrected chi connectivity index (χ1v) is 4.55. The molecular weight excluding hydrogens is 148 g/mol. The second-order valence-electron chi connectivity index (χ2n) is 1.91. The summed E-state index contributed by atoms with van der Waals surface area (Å²) < 4.78 is 0. The Morgan fingerprint density at radius 3 is 2.80 bits per heavy atom. The number of rotatable bonds is 4. The number of carbonyl (C=O) groups is 1. The molecule has 0 bridgehead atoms. The van der Waals surface area contributed by atoms with E-state index in [1.54, 1.807) is 6.26 Å². The third-order valence-electron chi connectivity index (χ3n) is 1.09. The van der Waals surface area contributed by atoms with Crippen molar-refractivity contribution in [2.45, 2.75) is 12.8 Å². The van der Waals surface area contributed by atoms with Gasteiger partial charge in [0.15, 0.2) is 0 Å².